The van der Waals surface area contributed by atoms with Gasteiger partial charge in [0.15, 0.2) is 5.52 Å². The second-order valence-corrected chi connectivity index (χ2v) is 5.68. The van der Waals surface area contributed by atoms with Gasteiger partial charge in [-0.2, -0.15) is 0 Å². The van der Waals surface area contributed by atoms with Crippen molar-refractivity contribution < 1.29 is 4.79 Å². The summed E-state index contributed by atoms with van der Waals surface area (Å²) in [5.41, 5.74) is 0.976. The first-order valence-electron chi connectivity index (χ1n) is 3.89. The maximum Gasteiger partial charge on any atom is 0.183 e. The van der Waals surface area contributed by atoms with E-state index in [2.05, 4.69) is 31.9 Å². The fraction of sp³-hybridized carbons (Fsp3) is 0.222. The van der Waals surface area contributed by atoms with E-state index >= 15 is 0 Å². The predicted octanol–water partition coefficient (Wildman–Crippen LogP) is 3.67. The SMILES string of the molecule is CCPC(=O)c1c(Br)cccc1Br.[Li]. The molecule has 0 amide bonds. The van der Waals surface area contributed by atoms with Gasteiger partial charge in [0.25, 0.3) is 0 Å². The molecule has 1 atom stereocenters. The molecule has 1 nitrogen and oxygen atoms in total. The van der Waals surface area contributed by atoms with Crippen LogP contribution in [0.5, 0.6) is 0 Å². The average molecular weight is 331 g/mol. The fourth-order valence-corrected chi connectivity index (χ4v) is 3.46. The van der Waals surface area contributed by atoms with Crippen molar-refractivity contribution in [2.45, 2.75) is 6.92 Å². The Morgan fingerprint density at radius 3 is 2.29 bits per heavy atom. The van der Waals surface area contributed by atoms with Crippen LogP contribution in [0.25, 0.3) is 0 Å². The van der Waals surface area contributed by atoms with Crippen molar-refractivity contribution in [3.63, 3.8) is 0 Å². The van der Waals surface area contributed by atoms with Crippen molar-refractivity contribution in [1.29, 1.82) is 0 Å². The third kappa shape index (κ3) is 3.80. The first kappa shape index (κ1) is 14.9. The van der Waals surface area contributed by atoms with Crippen molar-refractivity contribution >= 4 is 64.8 Å². The van der Waals surface area contributed by atoms with Crippen molar-refractivity contribution in [3.8, 4) is 0 Å². The molecule has 0 saturated carbocycles. The molecule has 1 unspecified atom stereocenters. The first-order valence-corrected chi connectivity index (χ1v) is 6.68. The topological polar surface area (TPSA) is 17.1 Å². The molecule has 5 heteroatoms. The summed E-state index contributed by atoms with van der Waals surface area (Å²) in [5, 5.41) is 0. The summed E-state index contributed by atoms with van der Waals surface area (Å²) in [6, 6.07) is 5.68. The van der Waals surface area contributed by atoms with Gasteiger partial charge in [0.05, 0.1) is 5.56 Å². The summed E-state index contributed by atoms with van der Waals surface area (Å²) in [5.74, 6) is 0. The Hall–Kier alpha value is 0.877. The van der Waals surface area contributed by atoms with Crippen LogP contribution >= 0.6 is 40.4 Å². The number of hydrogen-bond acceptors (Lipinski definition) is 1. The molecule has 0 aromatic heterocycles. The van der Waals surface area contributed by atoms with E-state index in [1.807, 2.05) is 25.1 Å². The molecule has 0 aliphatic carbocycles. The normalized spacial score (nSPS) is 10.2. The number of benzene rings is 1. The Morgan fingerprint density at radius 1 is 1.36 bits per heavy atom. The molecule has 0 heterocycles. The molecule has 1 aromatic carbocycles. The molecule has 14 heavy (non-hydrogen) atoms. The van der Waals surface area contributed by atoms with Gasteiger partial charge in [-0.25, -0.2) is 0 Å². The second-order valence-electron chi connectivity index (χ2n) is 2.46. The Bertz CT molecular complexity index is 310. The monoisotopic (exact) mass is 329 g/mol. The molecule has 0 aliphatic heterocycles. The van der Waals surface area contributed by atoms with Gasteiger partial charge in [-0.3, -0.25) is 4.79 Å². The van der Waals surface area contributed by atoms with Crippen molar-refractivity contribution in [2.75, 3.05) is 6.16 Å². The third-order valence-electron chi connectivity index (χ3n) is 1.53. The van der Waals surface area contributed by atoms with Crippen LogP contribution < -0.4 is 0 Å². The van der Waals surface area contributed by atoms with Gasteiger partial charge in [0.1, 0.15) is 0 Å². The van der Waals surface area contributed by atoms with E-state index in [4.69, 9.17) is 0 Å². The summed E-state index contributed by atoms with van der Waals surface area (Å²) in [6.07, 6.45) is 0.909. The van der Waals surface area contributed by atoms with Crippen LogP contribution in [-0.4, -0.2) is 30.5 Å². The van der Waals surface area contributed by atoms with Crippen molar-refractivity contribution in [2.24, 2.45) is 0 Å². The van der Waals surface area contributed by atoms with E-state index < -0.39 is 0 Å². The van der Waals surface area contributed by atoms with E-state index in [1.54, 1.807) is 0 Å². The summed E-state index contributed by atoms with van der Waals surface area (Å²) in [7, 11) is 0.360. The second kappa shape index (κ2) is 7.20. The molecular weight excluding hydrogens is 322 g/mol. The molecule has 0 fully saturated rings. The third-order valence-corrected chi connectivity index (χ3v) is 3.77. The molecule has 0 N–H and O–H groups in total. The Morgan fingerprint density at radius 2 is 1.86 bits per heavy atom. The van der Waals surface area contributed by atoms with Crippen LogP contribution in [0, 0.1) is 0 Å². The van der Waals surface area contributed by atoms with Crippen LogP contribution in [0.4, 0.5) is 0 Å². The maximum atomic E-state index is 11.6. The Labute approximate surface area is 115 Å². The molecule has 1 radical (unpaired) electrons. The molecule has 1 rings (SSSR count). The van der Waals surface area contributed by atoms with E-state index in [0.29, 0.717) is 8.58 Å². The number of carbonyl (C=O) groups is 1. The van der Waals surface area contributed by atoms with Gasteiger partial charge in [0, 0.05) is 27.8 Å². The van der Waals surface area contributed by atoms with Gasteiger partial charge in [-0.15, -0.1) is 0 Å². The van der Waals surface area contributed by atoms with E-state index in [0.717, 1.165) is 20.7 Å². The van der Waals surface area contributed by atoms with Gasteiger partial charge in [-0.1, -0.05) is 13.0 Å². The Balaban J connectivity index is 0.00000169. The Kier molecular flexibility index (Phi) is 7.65. The van der Waals surface area contributed by atoms with Crippen LogP contribution in [0.1, 0.15) is 17.3 Å². The summed E-state index contributed by atoms with van der Waals surface area (Å²) in [4.78, 5) is 11.6. The number of rotatable bonds is 3. The minimum Gasteiger partial charge on any atom is -0.289 e. The van der Waals surface area contributed by atoms with Gasteiger partial charge >= 0.3 is 0 Å². The molecule has 0 bridgehead atoms. The average Bonchev–Trinajstić information content (AvgIpc) is 2.04. The standard InChI is InChI=1S/C9H9Br2OP.Li/c1-2-13-9(12)8-6(10)4-3-5-7(8)11;/h3-5,13H,2H2,1H3;. The smallest absolute Gasteiger partial charge is 0.183 e. The zero-order chi connectivity index (χ0) is 9.84. The molecule has 1 aromatic rings. The van der Waals surface area contributed by atoms with E-state index in [1.165, 1.54) is 0 Å². The number of hydrogen-bond donors (Lipinski definition) is 0. The van der Waals surface area contributed by atoms with Crippen molar-refractivity contribution in [1.82, 2.24) is 0 Å². The van der Waals surface area contributed by atoms with Gasteiger partial charge in [0.2, 0.25) is 0 Å². The minimum atomic E-state index is 0. The van der Waals surface area contributed by atoms with Crippen LogP contribution in [-0.2, 0) is 0 Å². The molecule has 0 spiro atoms. The van der Waals surface area contributed by atoms with Gasteiger partial charge < -0.3 is 0 Å². The summed E-state index contributed by atoms with van der Waals surface area (Å²) in [6.45, 7) is 2.01. The van der Waals surface area contributed by atoms with Crippen LogP contribution in [0.2, 0.25) is 0 Å². The fourth-order valence-electron chi connectivity index (χ4n) is 0.964. The minimum absolute atomic E-state index is 0. The zero-order valence-corrected chi connectivity index (χ0v) is 12.3. The zero-order valence-electron chi connectivity index (χ0n) is 8.10. The maximum absolute atomic E-state index is 11.6. The number of halogens is 2. The predicted molar refractivity (Wildman–Crippen MR) is 70.8 cm³/mol. The van der Waals surface area contributed by atoms with Gasteiger partial charge in [-0.05, 0) is 58.7 Å². The molecule has 0 saturated heterocycles. The quantitative estimate of drug-likeness (QED) is 0.610. The first-order chi connectivity index (χ1) is 6.16. The molecular formula is C9H9Br2LiOP. The van der Waals surface area contributed by atoms with E-state index in [9.17, 15) is 4.79 Å². The van der Waals surface area contributed by atoms with Crippen LogP contribution in [0.15, 0.2) is 27.1 Å². The largest absolute Gasteiger partial charge is 0.289 e. The van der Waals surface area contributed by atoms with E-state index in [-0.39, 0.29) is 24.4 Å². The van der Waals surface area contributed by atoms with Crippen LogP contribution in [0.3, 0.4) is 0 Å². The molecule has 0 aliphatic rings. The summed E-state index contributed by atoms with van der Waals surface area (Å²) >= 11 is 6.74. The number of carbonyl (C=O) groups excluding carboxylic acids is 1. The molecule has 71 valence electrons. The van der Waals surface area contributed by atoms with Crippen molar-refractivity contribution in [3.05, 3.63) is 32.7 Å². The summed E-state index contributed by atoms with van der Waals surface area (Å²) < 4.78 is 1.74.